The zero-order chi connectivity index (χ0) is 19.4. The molecule has 2 heterocycles. The van der Waals surface area contributed by atoms with Crippen LogP contribution in [0.25, 0.3) is 11.3 Å². The van der Waals surface area contributed by atoms with E-state index in [0.29, 0.717) is 17.7 Å². The summed E-state index contributed by atoms with van der Waals surface area (Å²) in [6, 6.07) is 4.63. The van der Waals surface area contributed by atoms with Crippen LogP contribution in [0, 0.1) is 20.8 Å². The van der Waals surface area contributed by atoms with Crippen molar-refractivity contribution in [3.8, 4) is 11.3 Å². The standard InChI is InChI=1S/C21H29N3O2S/c1-14-10-15(2)20(16(3)11-14)18-13-27-21(22-18)23-19(26)12-24-8-5-4-6-17(24)7-9-25/h10-11,13,17,25H,4-9,12H2,1-3H3,(H,22,23,26). The Kier molecular flexibility index (Phi) is 6.63. The van der Waals surface area contributed by atoms with Crippen LogP contribution in [0.2, 0.25) is 0 Å². The molecular weight excluding hydrogens is 358 g/mol. The fraction of sp³-hybridized carbons (Fsp3) is 0.524. The minimum atomic E-state index is -0.0295. The molecule has 3 rings (SSSR count). The summed E-state index contributed by atoms with van der Waals surface area (Å²) in [6.07, 6.45) is 4.08. The second-order valence-electron chi connectivity index (χ2n) is 7.49. The van der Waals surface area contributed by atoms with Crippen molar-refractivity contribution in [1.29, 1.82) is 0 Å². The molecule has 2 N–H and O–H groups in total. The van der Waals surface area contributed by atoms with Crippen molar-refractivity contribution >= 4 is 22.4 Å². The van der Waals surface area contributed by atoms with Crippen molar-refractivity contribution in [2.75, 3.05) is 25.0 Å². The van der Waals surface area contributed by atoms with Gasteiger partial charge in [0.25, 0.3) is 0 Å². The van der Waals surface area contributed by atoms with E-state index in [0.717, 1.165) is 37.1 Å². The van der Waals surface area contributed by atoms with Gasteiger partial charge in [-0.25, -0.2) is 4.98 Å². The number of piperidine rings is 1. The molecule has 0 radical (unpaired) electrons. The lowest BCUT2D eigenvalue weighted by atomic mass is 9.98. The normalized spacial score (nSPS) is 17.9. The zero-order valence-electron chi connectivity index (χ0n) is 16.4. The molecule has 6 heteroatoms. The van der Waals surface area contributed by atoms with Gasteiger partial charge in [-0.3, -0.25) is 9.69 Å². The van der Waals surface area contributed by atoms with Crippen LogP contribution < -0.4 is 5.32 Å². The number of aromatic nitrogens is 1. The number of aliphatic hydroxyl groups is 1. The smallest absolute Gasteiger partial charge is 0.240 e. The molecule has 1 aliphatic rings. The van der Waals surface area contributed by atoms with E-state index in [1.807, 2.05) is 5.38 Å². The number of hydrogen-bond acceptors (Lipinski definition) is 5. The molecule has 2 aromatic rings. The Bertz CT molecular complexity index is 777. The van der Waals surface area contributed by atoms with Crippen LogP contribution in [-0.2, 0) is 4.79 Å². The average molecular weight is 388 g/mol. The third-order valence-corrected chi connectivity index (χ3v) is 6.00. The Labute approximate surface area is 165 Å². The lowest BCUT2D eigenvalue weighted by molar-refractivity contribution is -0.118. The number of benzene rings is 1. The first-order valence-electron chi connectivity index (χ1n) is 9.66. The number of rotatable bonds is 6. The largest absolute Gasteiger partial charge is 0.396 e. The van der Waals surface area contributed by atoms with Crippen molar-refractivity contribution in [2.24, 2.45) is 0 Å². The summed E-state index contributed by atoms with van der Waals surface area (Å²) in [4.78, 5) is 19.3. The highest BCUT2D eigenvalue weighted by Gasteiger charge is 2.24. The molecule has 1 atom stereocenters. The maximum Gasteiger partial charge on any atom is 0.240 e. The fourth-order valence-corrected chi connectivity index (χ4v) is 4.83. The van der Waals surface area contributed by atoms with Crippen molar-refractivity contribution in [3.63, 3.8) is 0 Å². The number of amides is 1. The molecule has 27 heavy (non-hydrogen) atoms. The number of nitrogens with zero attached hydrogens (tertiary/aromatic N) is 2. The Morgan fingerprint density at radius 1 is 1.30 bits per heavy atom. The van der Waals surface area contributed by atoms with E-state index in [2.05, 4.69) is 48.1 Å². The summed E-state index contributed by atoms with van der Waals surface area (Å²) < 4.78 is 0. The molecule has 1 unspecified atom stereocenters. The molecule has 1 aromatic heterocycles. The zero-order valence-corrected chi connectivity index (χ0v) is 17.2. The van der Waals surface area contributed by atoms with Crippen LogP contribution in [0.4, 0.5) is 5.13 Å². The van der Waals surface area contributed by atoms with Gasteiger partial charge in [0, 0.05) is 23.6 Å². The second kappa shape index (κ2) is 8.95. The molecule has 1 amide bonds. The number of thiazole rings is 1. The van der Waals surface area contributed by atoms with Gasteiger partial charge in [0.1, 0.15) is 0 Å². The van der Waals surface area contributed by atoms with Gasteiger partial charge in [-0.15, -0.1) is 11.3 Å². The van der Waals surface area contributed by atoms with E-state index >= 15 is 0 Å². The Hall–Kier alpha value is -1.76. The number of hydrogen-bond donors (Lipinski definition) is 2. The van der Waals surface area contributed by atoms with Crippen LogP contribution in [0.1, 0.15) is 42.4 Å². The second-order valence-corrected chi connectivity index (χ2v) is 8.35. The maximum absolute atomic E-state index is 12.5. The topological polar surface area (TPSA) is 65.5 Å². The summed E-state index contributed by atoms with van der Waals surface area (Å²) in [5, 5.41) is 14.9. The van der Waals surface area contributed by atoms with Gasteiger partial charge in [-0.05, 0) is 57.7 Å². The first kappa shape index (κ1) is 20.0. The molecular formula is C21H29N3O2S. The summed E-state index contributed by atoms with van der Waals surface area (Å²) in [5.74, 6) is -0.0295. The molecule has 0 bridgehead atoms. The van der Waals surface area contributed by atoms with E-state index in [1.165, 1.54) is 34.4 Å². The third kappa shape index (κ3) is 4.94. The van der Waals surface area contributed by atoms with E-state index in [9.17, 15) is 9.90 Å². The summed E-state index contributed by atoms with van der Waals surface area (Å²) in [7, 11) is 0. The first-order chi connectivity index (χ1) is 13.0. The van der Waals surface area contributed by atoms with E-state index in [-0.39, 0.29) is 12.5 Å². The third-order valence-electron chi connectivity index (χ3n) is 5.24. The minimum Gasteiger partial charge on any atom is -0.396 e. The maximum atomic E-state index is 12.5. The number of carbonyl (C=O) groups excluding carboxylic acids is 1. The van der Waals surface area contributed by atoms with E-state index < -0.39 is 0 Å². The quantitative estimate of drug-likeness (QED) is 0.789. The van der Waals surface area contributed by atoms with Crippen LogP contribution in [0.3, 0.4) is 0 Å². The highest BCUT2D eigenvalue weighted by atomic mass is 32.1. The number of anilines is 1. The van der Waals surface area contributed by atoms with Crippen molar-refractivity contribution < 1.29 is 9.90 Å². The molecule has 5 nitrogen and oxygen atoms in total. The SMILES string of the molecule is Cc1cc(C)c(-c2csc(NC(=O)CN3CCCCC3CCO)n2)c(C)c1. The van der Waals surface area contributed by atoms with Crippen LogP contribution >= 0.6 is 11.3 Å². The highest BCUT2D eigenvalue weighted by molar-refractivity contribution is 7.14. The van der Waals surface area contributed by atoms with Gasteiger partial charge in [-0.1, -0.05) is 24.1 Å². The minimum absolute atomic E-state index is 0.0295. The molecule has 1 saturated heterocycles. The summed E-state index contributed by atoms with van der Waals surface area (Å²) in [5.41, 5.74) is 5.72. The summed E-state index contributed by atoms with van der Waals surface area (Å²) >= 11 is 1.47. The van der Waals surface area contributed by atoms with Crippen LogP contribution in [-0.4, -0.2) is 46.6 Å². The first-order valence-corrected chi connectivity index (χ1v) is 10.5. The lowest BCUT2D eigenvalue weighted by Crippen LogP contribution is -2.44. The lowest BCUT2D eigenvalue weighted by Gasteiger charge is -2.34. The predicted octanol–water partition coefficient (Wildman–Crippen LogP) is 3.91. The number of aliphatic hydroxyl groups excluding tert-OH is 1. The van der Waals surface area contributed by atoms with Crippen LogP contribution in [0.15, 0.2) is 17.5 Å². The molecule has 1 aliphatic heterocycles. The predicted molar refractivity (Wildman–Crippen MR) is 111 cm³/mol. The van der Waals surface area contributed by atoms with Gasteiger partial charge in [0.05, 0.1) is 12.2 Å². The Morgan fingerprint density at radius 3 is 2.74 bits per heavy atom. The fourth-order valence-electron chi connectivity index (χ4n) is 4.12. The van der Waals surface area contributed by atoms with Crippen LogP contribution in [0.5, 0.6) is 0 Å². The molecule has 1 aromatic carbocycles. The van der Waals surface area contributed by atoms with Crippen molar-refractivity contribution in [1.82, 2.24) is 9.88 Å². The number of likely N-dealkylation sites (tertiary alicyclic amines) is 1. The van der Waals surface area contributed by atoms with Gasteiger partial charge >= 0.3 is 0 Å². The summed E-state index contributed by atoms with van der Waals surface area (Å²) in [6.45, 7) is 7.76. The molecule has 146 valence electrons. The molecule has 1 fully saturated rings. The van der Waals surface area contributed by atoms with Crippen molar-refractivity contribution in [2.45, 2.75) is 52.5 Å². The number of aryl methyl sites for hydroxylation is 3. The Morgan fingerprint density at radius 2 is 2.04 bits per heavy atom. The van der Waals surface area contributed by atoms with Gasteiger partial charge in [0.2, 0.25) is 5.91 Å². The molecule has 0 spiro atoms. The monoisotopic (exact) mass is 387 g/mol. The Balaban J connectivity index is 1.66. The highest BCUT2D eigenvalue weighted by Crippen LogP contribution is 2.31. The van der Waals surface area contributed by atoms with Crippen molar-refractivity contribution in [3.05, 3.63) is 34.2 Å². The van der Waals surface area contributed by atoms with E-state index in [1.54, 1.807) is 0 Å². The molecule has 0 saturated carbocycles. The van der Waals surface area contributed by atoms with Gasteiger partial charge in [-0.2, -0.15) is 0 Å². The number of carbonyl (C=O) groups is 1. The number of nitrogens with one attached hydrogen (secondary N) is 1. The average Bonchev–Trinajstić information content (AvgIpc) is 3.03. The van der Waals surface area contributed by atoms with Gasteiger partial charge < -0.3 is 10.4 Å². The molecule has 0 aliphatic carbocycles. The van der Waals surface area contributed by atoms with E-state index in [4.69, 9.17) is 0 Å². The van der Waals surface area contributed by atoms with Gasteiger partial charge in [0.15, 0.2) is 5.13 Å².